The van der Waals surface area contributed by atoms with Crippen molar-refractivity contribution in [1.29, 1.82) is 0 Å². The highest BCUT2D eigenvalue weighted by Gasteiger charge is 2.13. The number of aliphatic carboxylic acids is 1. The Labute approximate surface area is 135 Å². The lowest BCUT2D eigenvalue weighted by molar-refractivity contribution is -0.139. The predicted molar refractivity (Wildman–Crippen MR) is 84.4 cm³/mol. The highest BCUT2D eigenvalue weighted by Crippen LogP contribution is 2.31. The van der Waals surface area contributed by atoms with Gasteiger partial charge in [0.2, 0.25) is 0 Å². The van der Waals surface area contributed by atoms with Gasteiger partial charge in [0.25, 0.3) is 0 Å². The minimum atomic E-state index is -1.17. The second-order valence-corrected chi connectivity index (χ2v) is 5.02. The quantitative estimate of drug-likeness (QED) is 0.673. The molecule has 3 N–H and O–H groups in total. The van der Waals surface area contributed by atoms with Crippen molar-refractivity contribution in [2.24, 2.45) is 0 Å². The third kappa shape index (κ3) is 3.00. The molecule has 3 rings (SSSR count). The maximum atomic E-state index is 12.2. The van der Waals surface area contributed by atoms with Gasteiger partial charge < -0.3 is 24.5 Å². The van der Waals surface area contributed by atoms with Crippen LogP contribution in [0.1, 0.15) is 0 Å². The van der Waals surface area contributed by atoms with E-state index in [0.717, 1.165) is 6.07 Å². The van der Waals surface area contributed by atoms with E-state index < -0.39 is 18.0 Å². The van der Waals surface area contributed by atoms with Crippen molar-refractivity contribution >= 4 is 16.9 Å². The lowest BCUT2D eigenvalue weighted by Crippen LogP contribution is -2.09. The van der Waals surface area contributed by atoms with Crippen molar-refractivity contribution in [2.75, 3.05) is 6.61 Å². The molecule has 7 heteroatoms. The Kier molecular flexibility index (Phi) is 3.83. The van der Waals surface area contributed by atoms with Crippen LogP contribution in [0.2, 0.25) is 0 Å². The first-order valence-corrected chi connectivity index (χ1v) is 6.89. The van der Waals surface area contributed by atoms with E-state index in [0.29, 0.717) is 5.56 Å². The number of fused-ring (bicyclic) bond motifs is 1. The molecule has 122 valence electrons. The molecule has 1 heterocycles. The van der Waals surface area contributed by atoms with Crippen LogP contribution in [0, 0.1) is 0 Å². The summed E-state index contributed by atoms with van der Waals surface area (Å²) in [5.74, 6) is -1.16. The Morgan fingerprint density at radius 1 is 1.08 bits per heavy atom. The fourth-order valence-corrected chi connectivity index (χ4v) is 2.24. The van der Waals surface area contributed by atoms with Crippen molar-refractivity contribution in [3.05, 3.63) is 52.7 Å². The Bertz CT molecular complexity index is 971. The standard InChI is InChI=1S/C17H12O7/c18-10-3-1-9(2-4-10)14-7-13(20)17-12(19)5-11(6-15(17)24-14)23-8-16(21)22/h1-7,18-19H,8H2,(H,21,22). The van der Waals surface area contributed by atoms with Crippen molar-refractivity contribution < 1.29 is 29.3 Å². The number of benzene rings is 2. The molecule has 0 aliphatic rings. The van der Waals surface area contributed by atoms with E-state index in [-0.39, 0.29) is 34.0 Å². The number of phenolic OH excluding ortho intramolecular Hbond substituents is 2. The maximum Gasteiger partial charge on any atom is 0.341 e. The molecular formula is C17H12O7. The van der Waals surface area contributed by atoms with Gasteiger partial charge in [0.05, 0.1) is 0 Å². The SMILES string of the molecule is O=C(O)COc1cc(O)c2c(=O)cc(-c3ccc(O)cc3)oc2c1. The summed E-state index contributed by atoms with van der Waals surface area (Å²) in [5, 5.41) is 27.9. The van der Waals surface area contributed by atoms with Crippen molar-refractivity contribution in [1.82, 2.24) is 0 Å². The van der Waals surface area contributed by atoms with Crippen LogP contribution in [0.4, 0.5) is 0 Å². The van der Waals surface area contributed by atoms with Gasteiger partial charge in [0, 0.05) is 23.8 Å². The summed E-state index contributed by atoms with van der Waals surface area (Å²) in [4.78, 5) is 22.8. The summed E-state index contributed by atoms with van der Waals surface area (Å²) in [6.45, 7) is -0.590. The molecule has 3 aromatic rings. The lowest BCUT2D eigenvalue weighted by atomic mass is 10.1. The van der Waals surface area contributed by atoms with E-state index in [1.165, 1.54) is 24.3 Å². The molecule has 0 aliphatic carbocycles. The molecule has 0 aliphatic heterocycles. The van der Waals surface area contributed by atoms with Gasteiger partial charge in [-0.3, -0.25) is 4.79 Å². The number of ether oxygens (including phenoxy) is 1. The monoisotopic (exact) mass is 328 g/mol. The van der Waals surface area contributed by atoms with Crippen molar-refractivity contribution in [2.45, 2.75) is 0 Å². The third-order valence-corrected chi connectivity index (χ3v) is 3.30. The summed E-state index contributed by atoms with van der Waals surface area (Å²) in [7, 11) is 0. The number of phenols is 2. The first kappa shape index (κ1) is 15.4. The van der Waals surface area contributed by atoms with Gasteiger partial charge in [0.1, 0.15) is 34.0 Å². The maximum absolute atomic E-state index is 12.2. The first-order valence-electron chi connectivity index (χ1n) is 6.89. The molecule has 2 aromatic carbocycles. The van der Waals surface area contributed by atoms with E-state index in [9.17, 15) is 19.8 Å². The summed E-state index contributed by atoms with van der Waals surface area (Å²) < 4.78 is 10.6. The van der Waals surface area contributed by atoms with Gasteiger partial charge in [0.15, 0.2) is 12.0 Å². The van der Waals surface area contributed by atoms with Crippen LogP contribution < -0.4 is 10.2 Å². The van der Waals surface area contributed by atoms with Crippen LogP contribution in [-0.2, 0) is 4.79 Å². The van der Waals surface area contributed by atoms with Gasteiger partial charge in [-0.15, -0.1) is 0 Å². The van der Waals surface area contributed by atoms with Gasteiger partial charge in [-0.1, -0.05) is 0 Å². The number of aromatic hydroxyl groups is 2. The second-order valence-electron chi connectivity index (χ2n) is 5.02. The van der Waals surface area contributed by atoms with Crippen molar-refractivity contribution in [3.8, 4) is 28.6 Å². The van der Waals surface area contributed by atoms with Crippen LogP contribution >= 0.6 is 0 Å². The van der Waals surface area contributed by atoms with Crippen LogP contribution in [0.15, 0.2) is 51.7 Å². The molecule has 0 unspecified atom stereocenters. The number of carboxylic acid groups (broad SMARTS) is 1. The summed E-state index contributed by atoms with van der Waals surface area (Å²) in [5.41, 5.74) is 0.163. The van der Waals surface area contributed by atoms with Crippen LogP contribution in [-0.4, -0.2) is 27.9 Å². The van der Waals surface area contributed by atoms with E-state index >= 15 is 0 Å². The summed E-state index contributed by atoms with van der Waals surface area (Å²) >= 11 is 0. The fourth-order valence-electron chi connectivity index (χ4n) is 2.24. The van der Waals surface area contributed by atoms with E-state index in [1.54, 1.807) is 12.1 Å². The number of rotatable bonds is 4. The number of carboxylic acids is 1. The van der Waals surface area contributed by atoms with E-state index in [1.807, 2.05) is 0 Å². The van der Waals surface area contributed by atoms with Gasteiger partial charge in [-0.2, -0.15) is 0 Å². The molecule has 0 saturated heterocycles. The Morgan fingerprint density at radius 2 is 1.79 bits per heavy atom. The smallest absolute Gasteiger partial charge is 0.341 e. The number of hydrogen-bond acceptors (Lipinski definition) is 6. The van der Waals surface area contributed by atoms with Crippen LogP contribution in [0.25, 0.3) is 22.3 Å². The Balaban J connectivity index is 2.12. The zero-order valence-electron chi connectivity index (χ0n) is 12.2. The van der Waals surface area contributed by atoms with Crippen LogP contribution in [0.5, 0.6) is 17.2 Å². The zero-order chi connectivity index (χ0) is 17.3. The molecule has 0 saturated carbocycles. The Morgan fingerprint density at radius 3 is 2.46 bits per heavy atom. The molecule has 1 aromatic heterocycles. The number of hydrogen-bond donors (Lipinski definition) is 3. The molecule has 0 fully saturated rings. The van der Waals surface area contributed by atoms with E-state index in [4.69, 9.17) is 14.3 Å². The highest BCUT2D eigenvalue weighted by molar-refractivity contribution is 5.86. The normalized spacial score (nSPS) is 10.7. The third-order valence-electron chi connectivity index (χ3n) is 3.30. The molecule has 24 heavy (non-hydrogen) atoms. The average molecular weight is 328 g/mol. The Hall–Kier alpha value is -3.48. The van der Waals surface area contributed by atoms with Crippen LogP contribution in [0.3, 0.4) is 0 Å². The minimum Gasteiger partial charge on any atom is -0.508 e. The van der Waals surface area contributed by atoms with Gasteiger partial charge in [-0.05, 0) is 24.3 Å². The second kappa shape index (κ2) is 5.96. The molecule has 0 amide bonds. The summed E-state index contributed by atoms with van der Waals surface area (Å²) in [6.07, 6.45) is 0. The highest BCUT2D eigenvalue weighted by atomic mass is 16.5. The first-order chi connectivity index (χ1) is 11.4. The molecular weight excluding hydrogens is 316 g/mol. The number of carbonyl (C=O) groups is 1. The zero-order valence-corrected chi connectivity index (χ0v) is 12.2. The largest absolute Gasteiger partial charge is 0.508 e. The average Bonchev–Trinajstić information content (AvgIpc) is 2.52. The molecule has 7 nitrogen and oxygen atoms in total. The fraction of sp³-hybridized carbons (Fsp3) is 0.0588. The van der Waals surface area contributed by atoms with E-state index in [2.05, 4.69) is 0 Å². The molecule has 0 spiro atoms. The molecule has 0 bridgehead atoms. The minimum absolute atomic E-state index is 0.0276. The van der Waals surface area contributed by atoms with Crippen molar-refractivity contribution in [3.63, 3.8) is 0 Å². The van der Waals surface area contributed by atoms with Gasteiger partial charge in [-0.25, -0.2) is 4.79 Å². The topological polar surface area (TPSA) is 117 Å². The van der Waals surface area contributed by atoms with Gasteiger partial charge >= 0.3 is 5.97 Å². The summed E-state index contributed by atoms with van der Waals surface area (Å²) in [6, 6.07) is 9.76. The predicted octanol–water partition coefficient (Wildman–Crippen LogP) is 2.33. The molecule has 0 radical (unpaired) electrons. The molecule has 0 atom stereocenters. The lowest BCUT2D eigenvalue weighted by Gasteiger charge is -2.08.